The second-order valence-electron chi connectivity index (χ2n) is 3.14. The number of nitriles is 1. The lowest BCUT2D eigenvalue weighted by atomic mass is 9.89. The highest BCUT2D eigenvalue weighted by molar-refractivity contribution is 5.74. The molecule has 0 amide bonds. The molecule has 0 radical (unpaired) electrons. The van der Waals surface area contributed by atoms with Gasteiger partial charge in [0.1, 0.15) is 5.92 Å². The van der Waals surface area contributed by atoms with E-state index in [9.17, 15) is 4.79 Å². The summed E-state index contributed by atoms with van der Waals surface area (Å²) in [5.74, 6) is -2.32. The number of hydrogen-bond donors (Lipinski definition) is 1. The lowest BCUT2D eigenvalue weighted by Gasteiger charge is -2.13. The fourth-order valence-corrected chi connectivity index (χ4v) is 1.33. The first kappa shape index (κ1) is 10.3. The molecule has 72 valence electrons. The van der Waals surface area contributed by atoms with Crippen molar-refractivity contribution in [3.05, 3.63) is 35.9 Å². The van der Waals surface area contributed by atoms with Crippen LogP contribution in [-0.4, -0.2) is 11.1 Å². The zero-order valence-electron chi connectivity index (χ0n) is 7.84. The molecule has 0 aliphatic rings. The fourth-order valence-electron chi connectivity index (χ4n) is 1.33. The number of rotatable bonds is 3. The van der Waals surface area contributed by atoms with E-state index in [-0.39, 0.29) is 5.92 Å². The molecule has 2 atom stereocenters. The molecule has 3 nitrogen and oxygen atoms in total. The van der Waals surface area contributed by atoms with Crippen molar-refractivity contribution >= 4 is 5.97 Å². The third kappa shape index (κ3) is 2.11. The normalized spacial score (nSPS) is 14.0. The molecule has 1 N–H and O–H groups in total. The van der Waals surface area contributed by atoms with Crippen LogP contribution in [-0.2, 0) is 4.79 Å². The third-order valence-corrected chi connectivity index (χ3v) is 2.23. The van der Waals surface area contributed by atoms with E-state index in [1.165, 1.54) is 0 Å². The summed E-state index contributed by atoms with van der Waals surface area (Å²) in [6, 6.07) is 11.0. The van der Waals surface area contributed by atoms with E-state index >= 15 is 0 Å². The Morgan fingerprint density at radius 1 is 1.43 bits per heavy atom. The number of aliphatic carboxylic acids is 1. The quantitative estimate of drug-likeness (QED) is 0.791. The molecule has 0 fully saturated rings. The molecule has 0 heterocycles. The molecular formula is C11H11NO2. The van der Waals surface area contributed by atoms with E-state index in [0.29, 0.717) is 0 Å². The van der Waals surface area contributed by atoms with Crippen molar-refractivity contribution in [2.45, 2.75) is 12.8 Å². The number of benzene rings is 1. The number of carboxylic acids is 1. The zero-order valence-corrected chi connectivity index (χ0v) is 7.84. The van der Waals surface area contributed by atoms with E-state index in [1.54, 1.807) is 13.0 Å². The smallest absolute Gasteiger partial charge is 0.321 e. The molecule has 14 heavy (non-hydrogen) atoms. The summed E-state index contributed by atoms with van der Waals surface area (Å²) < 4.78 is 0. The highest BCUT2D eigenvalue weighted by atomic mass is 16.4. The lowest BCUT2D eigenvalue weighted by Crippen LogP contribution is -2.18. The zero-order chi connectivity index (χ0) is 10.6. The minimum absolute atomic E-state index is 0.279. The first-order valence-corrected chi connectivity index (χ1v) is 4.34. The maximum absolute atomic E-state index is 10.7. The van der Waals surface area contributed by atoms with Crippen LogP contribution in [0, 0.1) is 17.2 Å². The van der Waals surface area contributed by atoms with Gasteiger partial charge < -0.3 is 5.11 Å². The van der Waals surface area contributed by atoms with Crippen LogP contribution >= 0.6 is 0 Å². The van der Waals surface area contributed by atoms with E-state index in [2.05, 4.69) is 0 Å². The van der Waals surface area contributed by atoms with Gasteiger partial charge in [-0.25, -0.2) is 0 Å². The summed E-state index contributed by atoms with van der Waals surface area (Å²) in [5, 5.41) is 17.5. The molecular weight excluding hydrogens is 178 g/mol. The molecule has 0 saturated carbocycles. The van der Waals surface area contributed by atoms with Gasteiger partial charge >= 0.3 is 5.97 Å². The Hall–Kier alpha value is -1.82. The Morgan fingerprint density at radius 3 is 2.43 bits per heavy atom. The van der Waals surface area contributed by atoms with Crippen LogP contribution in [0.1, 0.15) is 18.4 Å². The number of nitrogens with zero attached hydrogens (tertiary/aromatic N) is 1. The van der Waals surface area contributed by atoms with Gasteiger partial charge in [-0.05, 0) is 5.56 Å². The predicted molar refractivity (Wildman–Crippen MR) is 51.6 cm³/mol. The summed E-state index contributed by atoms with van der Waals surface area (Å²) in [6.45, 7) is 1.75. The van der Waals surface area contributed by atoms with E-state index in [4.69, 9.17) is 10.4 Å². The molecule has 1 rings (SSSR count). The topological polar surface area (TPSA) is 61.1 Å². The SMILES string of the molecule is CC(c1ccccc1)C(C#N)C(=O)O. The van der Waals surface area contributed by atoms with Gasteiger partial charge in [-0.15, -0.1) is 0 Å². The highest BCUT2D eigenvalue weighted by Crippen LogP contribution is 2.23. The summed E-state index contributed by atoms with van der Waals surface area (Å²) in [4.78, 5) is 10.7. The molecule has 2 unspecified atom stereocenters. The van der Waals surface area contributed by atoms with Crippen LogP contribution in [0.15, 0.2) is 30.3 Å². The Labute approximate surface area is 82.6 Å². The first-order chi connectivity index (χ1) is 6.66. The predicted octanol–water partition coefficient (Wildman–Crippen LogP) is 2.01. The van der Waals surface area contributed by atoms with Crippen molar-refractivity contribution in [3.8, 4) is 6.07 Å². The van der Waals surface area contributed by atoms with Gasteiger partial charge in [0.05, 0.1) is 6.07 Å². The van der Waals surface area contributed by atoms with Crippen molar-refractivity contribution < 1.29 is 9.90 Å². The maximum Gasteiger partial charge on any atom is 0.321 e. The molecule has 1 aromatic rings. The maximum atomic E-state index is 10.7. The van der Waals surface area contributed by atoms with E-state index in [1.807, 2.05) is 30.3 Å². The van der Waals surface area contributed by atoms with Crippen LogP contribution in [0.4, 0.5) is 0 Å². The van der Waals surface area contributed by atoms with Crippen LogP contribution in [0.25, 0.3) is 0 Å². The highest BCUT2D eigenvalue weighted by Gasteiger charge is 2.25. The largest absolute Gasteiger partial charge is 0.480 e. The molecule has 0 spiro atoms. The van der Waals surface area contributed by atoms with Crippen LogP contribution < -0.4 is 0 Å². The van der Waals surface area contributed by atoms with E-state index < -0.39 is 11.9 Å². The minimum atomic E-state index is -1.07. The minimum Gasteiger partial charge on any atom is -0.480 e. The van der Waals surface area contributed by atoms with Crippen LogP contribution in [0.3, 0.4) is 0 Å². The van der Waals surface area contributed by atoms with Crippen molar-refractivity contribution in [1.29, 1.82) is 5.26 Å². The number of hydrogen-bond acceptors (Lipinski definition) is 2. The van der Waals surface area contributed by atoms with Gasteiger partial charge in [-0.1, -0.05) is 37.3 Å². The first-order valence-electron chi connectivity index (χ1n) is 4.34. The fraction of sp³-hybridized carbons (Fsp3) is 0.273. The second kappa shape index (κ2) is 4.43. The Bertz CT molecular complexity index is 353. The van der Waals surface area contributed by atoms with Crippen LogP contribution in [0.2, 0.25) is 0 Å². The Morgan fingerprint density at radius 2 is 2.00 bits per heavy atom. The molecule has 1 aromatic carbocycles. The molecule has 0 bridgehead atoms. The second-order valence-corrected chi connectivity index (χ2v) is 3.14. The van der Waals surface area contributed by atoms with Gasteiger partial charge in [-0.2, -0.15) is 5.26 Å². The van der Waals surface area contributed by atoms with Gasteiger partial charge in [0.2, 0.25) is 0 Å². The average molecular weight is 189 g/mol. The summed E-state index contributed by atoms with van der Waals surface area (Å²) in [5.41, 5.74) is 0.876. The molecule has 3 heteroatoms. The van der Waals surface area contributed by atoms with Crippen LogP contribution in [0.5, 0.6) is 0 Å². The van der Waals surface area contributed by atoms with Crippen molar-refractivity contribution in [1.82, 2.24) is 0 Å². The van der Waals surface area contributed by atoms with Gasteiger partial charge in [0.25, 0.3) is 0 Å². The monoisotopic (exact) mass is 189 g/mol. The lowest BCUT2D eigenvalue weighted by molar-refractivity contribution is -0.140. The average Bonchev–Trinajstić information content (AvgIpc) is 2.19. The van der Waals surface area contributed by atoms with Crippen molar-refractivity contribution in [2.75, 3.05) is 0 Å². The third-order valence-electron chi connectivity index (χ3n) is 2.23. The Balaban J connectivity index is 2.90. The van der Waals surface area contributed by atoms with E-state index in [0.717, 1.165) is 5.56 Å². The Kier molecular flexibility index (Phi) is 3.24. The summed E-state index contributed by atoms with van der Waals surface area (Å²) >= 11 is 0. The number of carbonyl (C=O) groups is 1. The standard InChI is InChI=1S/C11H11NO2/c1-8(10(7-12)11(13)14)9-5-3-2-4-6-9/h2-6,8,10H,1H3,(H,13,14). The summed E-state index contributed by atoms with van der Waals surface area (Å²) in [7, 11) is 0. The van der Waals surface area contributed by atoms with Gasteiger partial charge in [-0.3, -0.25) is 4.79 Å². The number of carboxylic acid groups (broad SMARTS) is 1. The molecule has 0 saturated heterocycles. The van der Waals surface area contributed by atoms with Crippen molar-refractivity contribution in [3.63, 3.8) is 0 Å². The molecule has 0 aliphatic carbocycles. The van der Waals surface area contributed by atoms with Gasteiger partial charge in [0, 0.05) is 5.92 Å². The van der Waals surface area contributed by atoms with Crippen molar-refractivity contribution in [2.24, 2.45) is 5.92 Å². The van der Waals surface area contributed by atoms with Gasteiger partial charge in [0.15, 0.2) is 0 Å². The summed E-state index contributed by atoms with van der Waals surface area (Å²) in [6.07, 6.45) is 0. The molecule has 0 aliphatic heterocycles. The molecule has 0 aromatic heterocycles.